The fourth-order valence-corrected chi connectivity index (χ4v) is 1.68. The highest BCUT2D eigenvalue weighted by molar-refractivity contribution is 5.60. The predicted octanol–water partition coefficient (Wildman–Crippen LogP) is 3.05. The Kier molecular flexibility index (Phi) is 4.55. The van der Waals surface area contributed by atoms with E-state index in [0.717, 1.165) is 29.6 Å². The van der Waals surface area contributed by atoms with Crippen molar-refractivity contribution in [1.29, 1.82) is 0 Å². The first-order valence-corrected chi connectivity index (χ1v) is 6.37. The first-order valence-electron chi connectivity index (χ1n) is 6.37. The van der Waals surface area contributed by atoms with Crippen molar-refractivity contribution >= 4 is 17.3 Å². The molecule has 1 aromatic carbocycles. The van der Waals surface area contributed by atoms with Crippen LogP contribution in [0.25, 0.3) is 0 Å². The van der Waals surface area contributed by atoms with Crippen LogP contribution in [0.4, 0.5) is 17.3 Å². The smallest absolute Gasteiger partial charge is 0.135 e. The van der Waals surface area contributed by atoms with Crippen molar-refractivity contribution in [1.82, 2.24) is 9.97 Å². The molecule has 0 saturated heterocycles. The summed E-state index contributed by atoms with van der Waals surface area (Å²) in [5.74, 6) is 2.40. The number of aromatic nitrogens is 2. The minimum Gasteiger partial charge on any atom is -0.494 e. The van der Waals surface area contributed by atoms with Crippen LogP contribution in [0.3, 0.4) is 0 Å². The van der Waals surface area contributed by atoms with Gasteiger partial charge in [0.2, 0.25) is 0 Å². The Morgan fingerprint density at radius 3 is 2.74 bits per heavy atom. The van der Waals surface area contributed by atoms with Gasteiger partial charge in [-0.05, 0) is 26.0 Å². The van der Waals surface area contributed by atoms with Crippen LogP contribution >= 0.6 is 0 Å². The molecule has 0 fully saturated rings. The van der Waals surface area contributed by atoms with Gasteiger partial charge in [0.15, 0.2) is 0 Å². The Morgan fingerprint density at radius 1 is 1.11 bits per heavy atom. The van der Waals surface area contributed by atoms with Gasteiger partial charge >= 0.3 is 0 Å². The number of rotatable bonds is 6. The van der Waals surface area contributed by atoms with Gasteiger partial charge in [0.1, 0.15) is 23.7 Å². The van der Waals surface area contributed by atoms with Crippen molar-refractivity contribution in [3.63, 3.8) is 0 Å². The zero-order chi connectivity index (χ0) is 13.5. The van der Waals surface area contributed by atoms with Crippen LogP contribution in [0.2, 0.25) is 0 Å². The van der Waals surface area contributed by atoms with E-state index in [1.807, 2.05) is 44.2 Å². The van der Waals surface area contributed by atoms with Crippen molar-refractivity contribution in [3.8, 4) is 5.75 Å². The summed E-state index contributed by atoms with van der Waals surface area (Å²) < 4.78 is 5.46. The van der Waals surface area contributed by atoms with Crippen molar-refractivity contribution < 1.29 is 4.74 Å². The number of nitrogens with one attached hydrogen (secondary N) is 2. The van der Waals surface area contributed by atoms with Crippen LogP contribution < -0.4 is 15.4 Å². The molecule has 1 heterocycles. The van der Waals surface area contributed by atoms with E-state index in [0.29, 0.717) is 6.61 Å². The maximum Gasteiger partial charge on any atom is 0.135 e. The van der Waals surface area contributed by atoms with E-state index >= 15 is 0 Å². The second-order valence-electron chi connectivity index (χ2n) is 3.90. The van der Waals surface area contributed by atoms with E-state index in [9.17, 15) is 0 Å². The number of hydrogen-bond donors (Lipinski definition) is 2. The lowest BCUT2D eigenvalue weighted by Gasteiger charge is -2.09. The Bertz CT molecular complexity index is 483. The topological polar surface area (TPSA) is 59.1 Å². The average Bonchev–Trinajstić information content (AvgIpc) is 2.40. The molecule has 2 aromatic rings. The van der Waals surface area contributed by atoms with Gasteiger partial charge in [-0.15, -0.1) is 0 Å². The zero-order valence-corrected chi connectivity index (χ0v) is 11.2. The van der Waals surface area contributed by atoms with Gasteiger partial charge in [-0.2, -0.15) is 0 Å². The molecule has 0 aliphatic heterocycles. The molecule has 19 heavy (non-hydrogen) atoms. The third-order valence-electron chi connectivity index (χ3n) is 2.44. The minimum absolute atomic E-state index is 0.654. The first kappa shape index (κ1) is 13.1. The second kappa shape index (κ2) is 6.58. The highest BCUT2D eigenvalue weighted by Crippen LogP contribution is 2.21. The van der Waals surface area contributed by atoms with E-state index in [2.05, 4.69) is 20.6 Å². The van der Waals surface area contributed by atoms with Crippen LogP contribution in [0.1, 0.15) is 13.8 Å². The summed E-state index contributed by atoms with van der Waals surface area (Å²) in [6.07, 6.45) is 1.53. The molecule has 0 aliphatic carbocycles. The number of nitrogens with zero attached hydrogens (tertiary/aromatic N) is 2. The number of ether oxygens (including phenoxy) is 1. The highest BCUT2D eigenvalue weighted by Gasteiger charge is 2.00. The van der Waals surface area contributed by atoms with Crippen molar-refractivity contribution in [3.05, 3.63) is 36.7 Å². The number of anilines is 3. The van der Waals surface area contributed by atoms with Gasteiger partial charge in [-0.1, -0.05) is 6.07 Å². The van der Waals surface area contributed by atoms with Crippen LogP contribution in [0, 0.1) is 0 Å². The molecule has 0 saturated carbocycles. The maximum absolute atomic E-state index is 5.46. The number of benzene rings is 1. The van der Waals surface area contributed by atoms with Gasteiger partial charge in [-0.3, -0.25) is 0 Å². The van der Waals surface area contributed by atoms with Crippen molar-refractivity contribution in [2.24, 2.45) is 0 Å². The largest absolute Gasteiger partial charge is 0.494 e. The lowest BCUT2D eigenvalue weighted by molar-refractivity contribution is 0.340. The molecule has 5 heteroatoms. The Morgan fingerprint density at radius 2 is 1.95 bits per heavy atom. The van der Waals surface area contributed by atoms with Crippen LogP contribution in [-0.2, 0) is 0 Å². The Balaban J connectivity index is 2.11. The SMILES string of the molecule is CCNc1cc(Nc2cccc(OCC)c2)ncn1. The summed E-state index contributed by atoms with van der Waals surface area (Å²) in [5, 5.41) is 6.38. The zero-order valence-electron chi connectivity index (χ0n) is 11.2. The second-order valence-corrected chi connectivity index (χ2v) is 3.90. The summed E-state index contributed by atoms with van der Waals surface area (Å²) in [6.45, 7) is 5.48. The highest BCUT2D eigenvalue weighted by atomic mass is 16.5. The quantitative estimate of drug-likeness (QED) is 0.834. The molecule has 0 spiro atoms. The first-order chi connectivity index (χ1) is 9.31. The molecule has 100 valence electrons. The molecule has 0 radical (unpaired) electrons. The number of hydrogen-bond acceptors (Lipinski definition) is 5. The summed E-state index contributed by atoms with van der Waals surface area (Å²) in [6, 6.07) is 9.66. The molecule has 0 amide bonds. The van der Waals surface area contributed by atoms with Gasteiger partial charge in [0, 0.05) is 24.4 Å². The summed E-state index contributed by atoms with van der Waals surface area (Å²) >= 11 is 0. The molecule has 5 nitrogen and oxygen atoms in total. The third kappa shape index (κ3) is 3.84. The van der Waals surface area contributed by atoms with E-state index in [1.165, 1.54) is 6.33 Å². The molecule has 0 aliphatic rings. The molecular formula is C14H18N4O. The van der Waals surface area contributed by atoms with E-state index in [-0.39, 0.29) is 0 Å². The summed E-state index contributed by atoms with van der Waals surface area (Å²) in [4.78, 5) is 8.32. The van der Waals surface area contributed by atoms with Gasteiger partial charge < -0.3 is 15.4 Å². The van der Waals surface area contributed by atoms with Crippen LogP contribution in [-0.4, -0.2) is 23.1 Å². The predicted molar refractivity (Wildman–Crippen MR) is 77.1 cm³/mol. The van der Waals surface area contributed by atoms with Gasteiger partial charge in [-0.25, -0.2) is 9.97 Å². The third-order valence-corrected chi connectivity index (χ3v) is 2.44. The normalized spacial score (nSPS) is 10.0. The van der Waals surface area contributed by atoms with Gasteiger partial charge in [0.25, 0.3) is 0 Å². The minimum atomic E-state index is 0.654. The summed E-state index contributed by atoms with van der Waals surface area (Å²) in [5.41, 5.74) is 0.937. The Labute approximate surface area is 113 Å². The monoisotopic (exact) mass is 258 g/mol. The molecule has 2 rings (SSSR count). The average molecular weight is 258 g/mol. The van der Waals surface area contributed by atoms with Crippen molar-refractivity contribution in [2.75, 3.05) is 23.8 Å². The summed E-state index contributed by atoms with van der Waals surface area (Å²) in [7, 11) is 0. The van der Waals surface area contributed by atoms with E-state index < -0.39 is 0 Å². The lowest BCUT2D eigenvalue weighted by atomic mass is 10.3. The fraction of sp³-hybridized carbons (Fsp3) is 0.286. The van der Waals surface area contributed by atoms with E-state index in [1.54, 1.807) is 0 Å². The van der Waals surface area contributed by atoms with Gasteiger partial charge in [0.05, 0.1) is 6.61 Å². The maximum atomic E-state index is 5.46. The van der Waals surface area contributed by atoms with Crippen LogP contribution in [0.5, 0.6) is 5.75 Å². The van der Waals surface area contributed by atoms with Crippen molar-refractivity contribution in [2.45, 2.75) is 13.8 Å². The standard InChI is InChI=1S/C14H18N4O/c1-3-15-13-9-14(17-10-16-13)18-11-6-5-7-12(8-11)19-4-2/h5-10H,3-4H2,1-2H3,(H2,15,16,17,18). The lowest BCUT2D eigenvalue weighted by Crippen LogP contribution is -2.01. The molecule has 0 atom stereocenters. The Hall–Kier alpha value is -2.30. The fourth-order valence-electron chi connectivity index (χ4n) is 1.68. The van der Waals surface area contributed by atoms with Crippen LogP contribution in [0.15, 0.2) is 36.7 Å². The molecule has 0 unspecified atom stereocenters. The molecule has 2 N–H and O–H groups in total. The molecule has 1 aromatic heterocycles. The molecular weight excluding hydrogens is 240 g/mol. The van der Waals surface area contributed by atoms with E-state index in [4.69, 9.17) is 4.74 Å². The molecule has 0 bridgehead atoms.